The Morgan fingerprint density at radius 2 is 1.50 bits per heavy atom. The predicted octanol–water partition coefficient (Wildman–Crippen LogP) is 4.51. The summed E-state index contributed by atoms with van der Waals surface area (Å²) in [5.74, 6) is 0. The van der Waals surface area contributed by atoms with Gasteiger partial charge >= 0.3 is 0 Å². The van der Waals surface area contributed by atoms with Crippen LogP contribution in [0.2, 0.25) is 19.6 Å². The van der Waals surface area contributed by atoms with Crippen molar-refractivity contribution in [2.45, 2.75) is 57.0 Å². The topological polar surface area (TPSA) is 80.3 Å². The van der Waals surface area contributed by atoms with Gasteiger partial charge in [0.2, 0.25) is 10.0 Å². The van der Waals surface area contributed by atoms with Crippen molar-refractivity contribution in [2.24, 2.45) is 0 Å². The number of sulfonamides is 1. The van der Waals surface area contributed by atoms with Crippen LogP contribution in [0.1, 0.15) is 28.3 Å². The third-order valence-corrected chi connectivity index (χ3v) is 9.96. The van der Waals surface area contributed by atoms with Gasteiger partial charge in [0.1, 0.15) is 0 Å². The molecule has 8 heteroatoms. The van der Waals surface area contributed by atoms with Gasteiger partial charge in [-0.1, -0.05) is 49.5 Å². The Morgan fingerprint density at radius 3 is 1.93 bits per heavy atom. The average molecular weight is 419 g/mol. The van der Waals surface area contributed by atoms with Gasteiger partial charge in [-0.3, -0.25) is 10.1 Å². The molecule has 1 unspecified atom stereocenters. The van der Waals surface area contributed by atoms with Crippen molar-refractivity contribution >= 4 is 23.8 Å². The van der Waals surface area contributed by atoms with Gasteiger partial charge in [0.05, 0.1) is 23.9 Å². The van der Waals surface area contributed by atoms with E-state index in [9.17, 15) is 18.5 Å². The average Bonchev–Trinajstić information content (AvgIpc) is 3.30. The molecule has 150 valence electrons. The van der Waals surface area contributed by atoms with E-state index in [1.807, 2.05) is 32.9 Å². The monoisotopic (exact) mass is 418 g/mol. The molecule has 1 fully saturated rings. The van der Waals surface area contributed by atoms with E-state index in [-0.39, 0.29) is 17.4 Å². The molecule has 0 radical (unpaired) electrons. The SMILES string of the molecule is Cc1cc(C)c(S(=O)(=O)N2[C@H]([Si](C)(C)C)[C@@H]2c2ccc([N+](=O)[O-])cc2)c(C)c1. The minimum atomic E-state index is -3.67. The minimum Gasteiger partial charge on any atom is -0.258 e. The Hall–Kier alpha value is -2.03. The second-order valence-electron chi connectivity index (χ2n) is 8.67. The van der Waals surface area contributed by atoms with Crippen LogP contribution in [0, 0.1) is 30.9 Å². The molecule has 1 aliphatic heterocycles. The van der Waals surface area contributed by atoms with Crippen LogP contribution in [0.5, 0.6) is 0 Å². The number of hydrogen-bond donors (Lipinski definition) is 0. The minimum absolute atomic E-state index is 0.00795. The fourth-order valence-electron chi connectivity index (χ4n) is 4.17. The highest BCUT2D eigenvalue weighted by Crippen LogP contribution is 2.52. The maximum atomic E-state index is 13.6. The van der Waals surface area contributed by atoms with E-state index in [0.29, 0.717) is 4.90 Å². The molecule has 28 heavy (non-hydrogen) atoms. The zero-order valence-corrected chi connectivity index (χ0v) is 18.9. The molecule has 0 amide bonds. The maximum absolute atomic E-state index is 13.6. The van der Waals surface area contributed by atoms with Gasteiger partial charge in [-0.05, 0) is 37.5 Å². The molecule has 0 aromatic heterocycles. The fraction of sp³-hybridized carbons (Fsp3) is 0.400. The van der Waals surface area contributed by atoms with Crippen LogP contribution in [-0.2, 0) is 10.0 Å². The van der Waals surface area contributed by atoms with Crippen molar-refractivity contribution in [3.05, 3.63) is 68.8 Å². The van der Waals surface area contributed by atoms with Crippen molar-refractivity contribution in [2.75, 3.05) is 0 Å². The molecule has 0 spiro atoms. The van der Waals surface area contributed by atoms with E-state index in [4.69, 9.17) is 0 Å². The van der Waals surface area contributed by atoms with E-state index in [1.165, 1.54) is 12.1 Å². The largest absolute Gasteiger partial charge is 0.269 e. The first-order valence-electron chi connectivity index (χ1n) is 9.21. The van der Waals surface area contributed by atoms with Crippen molar-refractivity contribution in [3.8, 4) is 0 Å². The molecule has 1 aliphatic rings. The van der Waals surface area contributed by atoms with Crippen molar-refractivity contribution in [1.29, 1.82) is 0 Å². The standard InChI is InChI=1S/C20H26N2O4SSi/c1-13-11-14(2)19(15(3)12-13)27(25,26)21-18(20(21)28(4,5)6)16-7-9-17(10-8-16)22(23)24/h7-12,18,20H,1-6H3/t18-,20+,21?/m0/s1. The number of nitro groups is 1. The molecule has 0 bridgehead atoms. The van der Waals surface area contributed by atoms with Crippen LogP contribution in [-0.4, -0.2) is 31.4 Å². The maximum Gasteiger partial charge on any atom is 0.269 e. The second-order valence-corrected chi connectivity index (χ2v) is 15.8. The third-order valence-electron chi connectivity index (χ3n) is 5.23. The van der Waals surface area contributed by atoms with Gasteiger partial charge in [0.25, 0.3) is 5.69 Å². The van der Waals surface area contributed by atoms with Crippen LogP contribution < -0.4 is 0 Å². The number of benzene rings is 2. The highest BCUT2D eigenvalue weighted by Gasteiger charge is 2.61. The highest BCUT2D eigenvalue weighted by atomic mass is 32.2. The number of nitro benzene ring substituents is 1. The van der Waals surface area contributed by atoms with Crippen LogP contribution in [0.15, 0.2) is 41.3 Å². The summed E-state index contributed by atoms with van der Waals surface area (Å²) in [5, 5.41) is 10.9. The number of hydrogen-bond acceptors (Lipinski definition) is 4. The van der Waals surface area contributed by atoms with Crippen LogP contribution in [0.3, 0.4) is 0 Å². The van der Waals surface area contributed by atoms with E-state index in [1.54, 1.807) is 16.4 Å². The fourth-order valence-corrected chi connectivity index (χ4v) is 9.82. The summed E-state index contributed by atoms with van der Waals surface area (Å²) in [6.45, 7) is 12.1. The number of non-ortho nitro benzene ring substituents is 1. The molecule has 1 saturated heterocycles. The lowest BCUT2D eigenvalue weighted by atomic mass is 10.1. The van der Waals surface area contributed by atoms with Crippen molar-refractivity contribution in [3.63, 3.8) is 0 Å². The van der Waals surface area contributed by atoms with Gasteiger partial charge in [-0.2, -0.15) is 4.31 Å². The van der Waals surface area contributed by atoms with Crippen LogP contribution in [0.25, 0.3) is 0 Å². The normalized spacial score (nSPS) is 22.1. The first kappa shape index (κ1) is 20.7. The summed E-state index contributed by atoms with van der Waals surface area (Å²) in [5.41, 5.74) is 3.28. The lowest BCUT2D eigenvalue weighted by Gasteiger charge is -2.17. The summed E-state index contributed by atoms with van der Waals surface area (Å²) >= 11 is 0. The Balaban J connectivity index is 2.07. The molecule has 1 heterocycles. The molecule has 0 N–H and O–H groups in total. The van der Waals surface area contributed by atoms with E-state index in [2.05, 4.69) is 19.6 Å². The smallest absolute Gasteiger partial charge is 0.258 e. The molecular weight excluding hydrogens is 392 g/mol. The van der Waals surface area contributed by atoms with Crippen LogP contribution in [0.4, 0.5) is 5.69 Å². The van der Waals surface area contributed by atoms with Gasteiger partial charge in [0, 0.05) is 17.8 Å². The lowest BCUT2D eigenvalue weighted by molar-refractivity contribution is -0.384. The number of nitrogens with zero attached hydrogens (tertiary/aromatic N) is 2. The highest BCUT2D eigenvalue weighted by molar-refractivity contribution is 7.89. The second kappa shape index (κ2) is 6.79. The summed E-state index contributed by atoms with van der Waals surface area (Å²) in [6, 6.07) is 9.78. The third kappa shape index (κ3) is 3.52. The molecule has 3 rings (SSSR count). The first-order valence-corrected chi connectivity index (χ1v) is 14.2. The Kier molecular flexibility index (Phi) is 5.02. The summed E-state index contributed by atoms with van der Waals surface area (Å²) < 4.78 is 28.8. The Bertz CT molecular complexity index is 1020. The van der Waals surface area contributed by atoms with Gasteiger partial charge < -0.3 is 0 Å². The van der Waals surface area contributed by atoms with Gasteiger partial charge in [-0.15, -0.1) is 0 Å². The van der Waals surface area contributed by atoms with E-state index < -0.39 is 23.0 Å². The van der Waals surface area contributed by atoms with Crippen molar-refractivity contribution in [1.82, 2.24) is 4.31 Å². The van der Waals surface area contributed by atoms with Crippen LogP contribution >= 0.6 is 0 Å². The Morgan fingerprint density at radius 1 is 1.00 bits per heavy atom. The summed E-state index contributed by atoms with van der Waals surface area (Å²) in [6.07, 6.45) is 0. The Labute approximate surface area is 167 Å². The van der Waals surface area contributed by atoms with E-state index >= 15 is 0 Å². The molecule has 6 nitrogen and oxygen atoms in total. The van der Waals surface area contributed by atoms with Gasteiger partial charge in [0.15, 0.2) is 0 Å². The number of rotatable bonds is 5. The number of aryl methyl sites for hydroxylation is 3. The molecule has 2 aromatic carbocycles. The lowest BCUT2D eigenvalue weighted by Crippen LogP contribution is -2.33. The first-order chi connectivity index (χ1) is 12.9. The molecule has 0 aliphatic carbocycles. The molecule has 0 saturated carbocycles. The zero-order valence-electron chi connectivity index (χ0n) is 17.1. The van der Waals surface area contributed by atoms with Gasteiger partial charge in [-0.25, -0.2) is 8.42 Å². The molecule has 2 aromatic rings. The summed E-state index contributed by atoms with van der Waals surface area (Å²) in [4.78, 5) is 10.9. The summed E-state index contributed by atoms with van der Waals surface area (Å²) in [7, 11) is -5.51. The predicted molar refractivity (Wildman–Crippen MR) is 113 cm³/mol. The molecular formula is C20H26N2O4SSi. The molecule has 3 atom stereocenters. The zero-order chi connectivity index (χ0) is 21.0. The quantitative estimate of drug-likeness (QED) is 0.310. The van der Waals surface area contributed by atoms with Crippen molar-refractivity contribution < 1.29 is 13.3 Å². The van der Waals surface area contributed by atoms with E-state index in [0.717, 1.165) is 22.3 Å².